The van der Waals surface area contributed by atoms with E-state index < -0.39 is 0 Å². The number of anilines is 1. The molecule has 0 saturated carbocycles. The molecule has 2 rings (SSSR count). The Bertz CT molecular complexity index is 387. The fourth-order valence-corrected chi connectivity index (χ4v) is 3.13. The molecule has 0 bridgehead atoms. The van der Waals surface area contributed by atoms with Crippen molar-refractivity contribution in [2.24, 2.45) is 11.7 Å². The zero-order chi connectivity index (χ0) is 13.0. The van der Waals surface area contributed by atoms with Crippen LogP contribution in [0.2, 0.25) is 0 Å². The van der Waals surface area contributed by atoms with Crippen LogP contribution >= 0.6 is 0 Å². The number of nitrogens with two attached hydrogens (primary N) is 1. The Morgan fingerprint density at radius 3 is 2.83 bits per heavy atom. The molecule has 0 amide bonds. The summed E-state index contributed by atoms with van der Waals surface area (Å²) in [5.74, 6) is 0.917. The van der Waals surface area contributed by atoms with Crippen molar-refractivity contribution in [3.63, 3.8) is 0 Å². The average Bonchev–Trinajstić information content (AvgIpc) is 2.63. The van der Waals surface area contributed by atoms with Gasteiger partial charge in [-0.2, -0.15) is 0 Å². The van der Waals surface area contributed by atoms with Gasteiger partial charge in [-0.3, -0.25) is 0 Å². The molecule has 1 atom stereocenters. The zero-order valence-corrected chi connectivity index (χ0v) is 11.8. The lowest BCUT2D eigenvalue weighted by Gasteiger charge is -2.27. The Kier molecular flexibility index (Phi) is 4.65. The molecule has 100 valence electrons. The molecule has 2 nitrogen and oxygen atoms in total. The molecule has 0 radical (unpaired) electrons. The summed E-state index contributed by atoms with van der Waals surface area (Å²) in [5.41, 5.74) is 9.96. The smallest absolute Gasteiger partial charge is 0.0441 e. The number of benzene rings is 1. The summed E-state index contributed by atoms with van der Waals surface area (Å²) in [5, 5.41) is 0. The van der Waals surface area contributed by atoms with E-state index in [1.54, 1.807) is 0 Å². The highest BCUT2D eigenvalue weighted by Crippen LogP contribution is 2.29. The maximum Gasteiger partial charge on any atom is 0.0441 e. The normalized spacial score (nSPS) is 20.8. The summed E-state index contributed by atoms with van der Waals surface area (Å²) >= 11 is 0. The second kappa shape index (κ2) is 6.24. The van der Waals surface area contributed by atoms with Gasteiger partial charge in [0.1, 0.15) is 0 Å². The number of hydrogen-bond acceptors (Lipinski definition) is 2. The van der Waals surface area contributed by atoms with Crippen molar-refractivity contribution in [2.45, 2.75) is 46.1 Å². The fraction of sp³-hybridized carbons (Fsp3) is 0.625. The molecule has 1 aromatic rings. The predicted molar refractivity (Wildman–Crippen MR) is 78.9 cm³/mol. The van der Waals surface area contributed by atoms with Crippen molar-refractivity contribution in [3.05, 3.63) is 29.3 Å². The van der Waals surface area contributed by atoms with Crippen molar-refractivity contribution in [1.82, 2.24) is 0 Å². The second-order valence-corrected chi connectivity index (χ2v) is 5.48. The molecule has 1 saturated heterocycles. The van der Waals surface area contributed by atoms with Gasteiger partial charge in [0.15, 0.2) is 0 Å². The molecule has 0 aliphatic carbocycles. The standard InChI is InChI=1S/C16H26N2/c1-3-14-7-5-10-18(11-9-14)16-13(2)6-4-8-15(16)12-17/h4,6,8,14H,3,5,7,9-12,17H2,1-2H3. The Balaban J connectivity index is 2.20. The van der Waals surface area contributed by atoms with Crippen molar-refractivity contribution in [3.8, 4) is 0 Å². The van der Waals surface area contributed by atoms with Gasteiger partial charge in [-0.05, 0) is 43.2 Å². The molecule has 1 aliphatic heterocycles. The van der Waals surface area contributed by atoms with E-state index in [4.69, 9.17) is 5.73 Å². The highest BCUT2D eigenvalue weighted by molar-refractivity contribution is 5.59. The summed E-state index contributed by atoms with van der Waals surface area (Å²) in [6, 6.07) is 6.49. The molecule has 2 heteroatoms. The van der Waals surface area contributed by atoms with Gasteiger partial charge < -0.3 is 10.6 Å². The van der Waals surface area contributed by atoms with E-state index in [0.29, 0.717) is 6.54 Å². The molecular weight excluding hydrogens is 220 g/mol. The number of para-hydroxylation sites is 1. The zero-order valence-electron chi connectivity index (χ0n) is 11.8. The molecule has 1 heterocycles. The third-order valence-corrected chi connectivity index (χ3v) is 4.28. The van der Waals surface area contributed by atoms with E-state index in [2.05, 4.69) is 36.9 Å². The lowest BCUT2D eigenvalue weighted by atomic mass is 9.98. The highest BCUT2D eigenvalue weighted by atomic mass is 15.1. The number of hydrogen-bond donors (Lipinski definition) is 1. The predicted octanol–water partition coefficient (Wildman–Crippen LogP) is 3.47. The summed E-state index contributed by atoms with van der Waals surface area (Å²) in [4.78, 5) is 2.56. The Hall–Kier alpha value is -1.02. The van der Waals surface area contributed by atoms with E-state index in [9.17, 15) is 0 Å². The largest absolute Gasteiger partial charge is 0.371 e. The van der Waals surface area contributed by atoms with Crippen LogP contribution in [0.4, 0.5) is 5.69 Å². The molecular formula is C16H26N2. The van der Waals surface area contributed by atoms with Gasteiger partial charge >= 0.3 is 0 Å². The SMILES string of the molecule is CCC1CCCN(c2c(C)cccc2CN)CC1. The summed E-state index contributed by atoms with van der Waals surface area (Å²) in [6.07, 6.45) is 5.36. The van der Waals surface area contributed by atoms with Gasteiger partial charge in [-0.25, -0.2) is 0 Å². The molecule has 1 unspecified atom stereocenters. The topological polar surface area (TPSA) is 29.3 Å². The first-order chi connectivity index (χ1) is 8.76. The lowest BCUT2D eigenvalue weighted by Crippen LogP contribution is -2.26. The Morgan fingerprint density at radius 1 is 1.28 bits per heavy atom. The first kappa shape index (κ1) is 13.4. The molecule has 1 aromatic carbocycles. The van der Waals surface area contributed by atoms with E-state index in [1.807, 2.05) is 0 Å². The highest BCUT2D eigenvalue weighted by Gasteiger charge is 2.18. The van der Waals surface area contributed by atoms with Gasteiger partial charge in [0.05, 0.1) is 0 Å². The summed E-state index contributed by atoms with van der Waals surface area (Å²) in [7, 11) is 0. The second-order valence-electron chi connectivity index (χ2n) is 5.48. The number of nitrogens with zero attached hydrogens (tertiary/aromatic N) is 1. The van der Waals surface area contributed by atoms with Crippen LogP contribution in [0, 0.1) is 12.8 Å². The number of aryl methyl sites for hydroxylation is 1. The van der Waals surface area contributed by atoms with Crippen LogP contribution in [-0.4, -0.2) is 13.1 Å². The third-order valence-electron chi connectivity index (χ3n) is 4.28. The van der Waals surface area contributed by atoms with E-state index in [1.165, 1.54) is 55.6 Å². The average molecular weight is 246 g/mol. The van der Waals surface area contributed by atoms with Crippen molar-refractivity contribution >= 4 is 5.69 Å². The van der Waals surface area contributed by atoms with Crippen molar-refractivity contribution in [2.75, 3.05) is 18.0 Å². The summed E-state index contributed by atoms with van der Waals surface area (Å²) in [6.45, 7) is 7.55. The number of rotatable bonds is 3. The van der Waals surface area contributed by atoms with Crippen molar-refractivity contribution < 1.29 is 0 Å². The molecule has 1 aliphatic rings. The monoisotopic (exact) mass is 246 g/mol. The van der Waals surface area contributed by atoms with Crippen LogP contribution in [0.15, 0.2) is 18.2 Å². The van der Waals surface area contributed by atoms with Crippen LogP contribution in [0.3, 0.4) is 0 Å². The maximum atomic E-state index is 5.89. The first-order valence-corrected chi connectivity index (χ1v) is 7.29. The quantitative estimate of drug-likeness (QED) is 0.885. The molecule has 2 N–H and O–H groups in total. The Labute approximate surface area is 111 Å². The van der Waals surface area contributed by atoms with Gasteiger partial charge in [-0.15, -0.1) is 0 Å². The minimum Gasteiger partial charge on any atom is -0.371 e. The first-order valence-electron chi connectivity index (χ1n) is 7.29. The van der Waals surface area contributed by atoms with Gasteiger partial charge in [0, 0.05) is 25.3 Å². The van der Waals surface area contributed by atoms with Crippen LogP contribution in [0.1, 0.15) is 43.7 Å². The van der Waals surface area contributed by atoms with Gasteiger partial charge in [-0.1, -0.05) is 31.5 Å². The van der Waals surface area contributed by atoms with Gasteiger partial charge in [0.25, 0.3) is 0 Å². The van der Waals surface area contributed by atoms with E-state index in [0.717, 1.165) is 5.92 Å². The van der Waals surface area contributed by atoms with Gasteiger partial charge in [0.2, 0.25) is 0 Å². The maximum absolute atomic E-state index is 5.89. The lowest BCUT2D eigenvalue weighted by molar-refractivity contribution is 0.459. The van der Waals surface area contributed by atoms with Crippen LogP contribution in [0.25, 0.3) is 0 Å². The summed E-state index contributed by atoms with van der Waals surface area (Å²) < 4.78 is 0. The molecule has 0 aromatic heterocycles. The van der Waals surface area contributed by atoms with Crippen LogP contribution in [0.5, 0.6) is 0 Å². The minimum atomic E-state index is 0.644. The fourth-order valence-electron chi connectivity index (χ4n) is 3.13. The molecule has 0 spiro atoms. The Morgan fingerprint density at radius 2 is 2.11 bits per heavy atom. The molecule has 1 fully saturated rings. The molecule has 18 heavy (non-hydrogen) atoms. The van der Waals surface area contributed by atoms with E-state index in [-0.39, 0.29) is 0 Å². The van der Waals surface area contributed by atoms with E-state index >= 15 is 0 Å². The van der Waals surface area contributed by atoms with Crippen LogP contribution < -0.4 is 10.6 Å². The third kappa shape index (κ3) is 2.86. The van der Waals surface area contributed by atoms with Crippen molar-refractivity contribution in [1.29, 1.82) is 0 Å². The van der Waals surface area contributed by atoms with Crippen LogP contribution in [-0.2, 0) is 6.54 Å². The minimum absolute atomic E-state index is 0.644.